The molecule has 0 bridgehead atoms. The Morgan fingerprint density at radius 2 is 1.81 bits per heavy atom. The van der Waals surface area contributed by atoms with Gasteiger partial charge in [-0.15, -0.1) is 0 Å². The third-order valence-electron chi connectivity index (χ3n) is 6.39. The largest absolute Gasteiger partial charge is 0.376 e. The van der Waals surface area contributed by atoms with Gasteiger partial charge in [-0.25, -0.2) is 8.42 Å². The molecule has 3 aliphatic rings. The second-order valence-electron chi connectivity index (χ2n) is 8.57. The van der Waals surface area contributed by atoms with E-state index >= 15 is 0 Å². The van der Waals surface area contributed by atoms with Crippen LogP contribution in [-0.4, -0.2) is 80.6 Å². The maximum absolute atomic E-state index is 13.1. The summed E-state index contributed by atoms with van der Waals surface area (Å²) in [5.74, 6) is 1.15. The fourth-order valence-electron chi connectivity index (χ4n) is 4.60. The Labute approximate surface area is 158 Å². The highest BCUT2D eigenvalue weighted by Crippen LogP contribution is 2.27. The van der Waals surface area contributed by atoms with Crippen LogP contribution in [0.25, 0.3) is 0 Å². The molecule has 1 aliphatic carbocycles. The molecule has 0 N–H and O–H groups in total. The van der Waals surface area contributed by atoms with Crippen LogP contribution in [0.5, 0.6) is 0 Å². The van der Waals surface area contributed by atoms with Crippen LogP contribution in [0.2, 0.25) is 0 Å². The molecule has 0 aromatic rings. The Balaban J connectivity index is 1.62. The van der Waals surface area contributed by atoms with Crippen LogP contribution in [0, 0.1) is 5.92 Å². The third-order valence-corrected chi connectivity index (χ3v) is 8.14. The molecular formula is C19H34N2O4S. The van der Waals surface area contributed by atoms with E-state index in [9.17, 15) is 13.2 Å². The van der Waals surface area contributed by atoms with E-state index in [4.69, 9.17) is 4.74 Å². The Morgan fingerprint density at radius 1 is 1.08 bits per heavy atom. The van der Waals surface area contributed by atoms with E-state index in [1.54, 1.807) is 0 Å². The molecule has 3 fully saturated rings. The van der Waals surface area contributed by atoms with E-state index in [2.05, 4.69) is 11.8 Å². The van der Waals surface area contributed by atoms with Crippen molar-refractivity contribution in [3.63, 3.8) is 0 Å². The van der Waals surface area contributed by atoms with Crippen LogP contribution in [0.4, 0.5) is 0 Å². The topological polar surface area (TPSA) is 66.9 Å². The van der Waals surface area contributed by atoms with Gasteiger partial charge in [-0.05, 0) is 57.9 Å². The second-order valence-corrected chi connectivity index (χ2v) is 10.8. The number of sulfone groups is 1. The molecule has 2 atom stereocenters. The van der Waals surface area contributed by atoms with Crippen molar-refractivity contribution >= 4 is 15.7 Å². The first-order chi connectivity index (χ1) is 12.3. The number of hydrogen-bond acceptors (Lipinski definition) is 5. The molecule has 7 heteroatoms. The highest BCUT2D eigenvalue weighted by atomic mass is 32.2. The molecule has 0 aromatic carbocycles. The fraction of sp³-hybridized carbons (Fsp3) is 0.947. The van der Waals surface area contributed by atoms with Gasteiger partial charge in [0, 0.05) is 25.2 Å². The number of hydrogen-bond donors (Lipinski definition) is 0. The van der Waals surface area contributed by atoms with Gasteiger partial charge < -0.3 is 9.64 Å². The number of likely N-dealkylation sites (N-methyl/N-ethyl adjacent to an activating group) is 1. The van der Waals surface area contributed by atoms with Gasteiger partial charge in [0.15, 0.2) is 9.84 Å². The zero-order valence-corrected chi connectivity index (χ0v) is 17.0. The summed E-state index contributed by atoms with van der Waals surface area (Å²) in [4.78, 5) is 17.1. The Bertz CT molecular complexity index is 580. The Morgan fingerprint density at radius 3 is 2.38 bits per heavy atom. The zero-order valence-electron chi connectivity index (χ0n) is 16.2. The third kappa shape index (κ3) is 5.20. The van der Waals surface area contributed by atoms with Gasteiger partial charge in [-0.3, -0.25) is 9.69 Å². The number of nitrogens with zero attached hydrogens (tertiary/aromatic N) is 2. The van der Waals surface area contributed by atoms with Gasteiger partial charge in [-0.2, -0.15) is 0 Å². The molecule has 2 heterocycles. The molecule has 26 heavy (non-hydrogen) atoms. The van der Waals surface area contributed by atoms with Crippen LogP contribution in [0.3, 0.4) is 0 Å². The Kier molecular flexibility index (Phi) is 6.62. The van der Waals surface area contributed by atoms with Gasteiger partial charge >= 0.3 is 0 Å². The SMILES string of the molecule is CC1CCC(N(C)CC(=O)N(CC2CCCO2)C2CCS(=O)(=O)C2)CC1. The minimum absolute atomic E-state index is 0.0584. The molecule has 0 radical (unpaired) electrons. The van der Waals surface area contributed by atoms with Crippen molar-refractivity contribution in [2.45, 2.75) is 70.1 Å². The summed E-state index contributed by atoms with van der Waals surface area (Å²) in [6.07, 6.45) is 7.35. The summed E-state index contributed by atoms with van der Waals surface area (Å²) in [7, 11) is -0.975. The predicted octanol–water partition coefficient (Wildman–Crippen LogP) is 1.69. The summed E-state index contributed by atoms with van der Waals surface area (Å²) >= 11 is 0. The van der Waals surface area contributed by atoms with E-state index in [0.29, 0.717) is 25.6 Å². The quantitative estimate of drug-likeness (QED) is 0.695. The monoisotopic (exact) mass is 386 g/mol. The van der Waals surface area contributed by atoms with Gasteiger partial charge in [0.05, 0.1) is 24.2 Å². The van der Waals surface area contributed by atoms with Crippen LogP contribution < -0.4 is 0 Å². The summed E-state index contributed by atoms with van der Waals surface area (Å²) in [5.41, 5.74) is 0. The minimum atomic E-state index is -3.01. The van der Waals surface area contributed by atoms with Crippen molar-refractivity contribution in [2.75, 3.05) is 38.2 Å². The lowest BCUT2D eigenvalue weighted by Gasteiger charge is -2.36. The summed E-state index contributed by atoms with van der Waals surface area (Å²) in [6, 6.07) is 0.281. The lowest BCUT2D eigenvalue weighted by Crippen LogP contribution is -2.50. The summed E-state index contributed by atoms with van der Waals surface area (Å²) < 4.78 is 29.6. The van der Waals surface area contributed by atoms with Crippen molar-refractivity contribution in [3.8, 4) is 0 Å². The first-order valence-electron chi connectivity index (χ1n) is 10.2. The van der Waals surface area contributed by atoms with Gasteiger partial charge in [-0.1, -0.05) is 6.92 Å². The fourth-order valence-corrected chi connectivity index (χ4v) is 6.33. The summed E-state index contributed by atoms with van der Waals surface area (Å²) in [6.45, 7) is 3.96. The highest BCUT2D eigenvalue weighted by Gasteiger charge is 2.37. The van der Waals surface area contributed by atoms with Crippen molar-refractivity contribution in [3.05, 3.63) is 0 Å². The molecule has 2 saturated heterocycles. The van der Waals surface area contributed by atoms with E-state index in [0.717, 1.165) is 38.2 Å². The predicted molar refractivity (Wildman–Crippen MR) is 102 cm³/mol. The number of rotatable bonds is 6. The van der Waals surface area contributed by atoms with Crippen molar-refractivity contribution in [1.82, 2.24) is 9.80 Å². The molecule has 1 amide bonds. The number of ether oxygens (including phenoxy) is 1. The number of carbonyl (C=O) groups excluding carboxylic acids is 1. The van der Waals surface area contributed by atoms with Crippen LogP contribution in [0.1, 0.15) is 51.9 Å². The lowest BCUT2D eigenvalue weighted by molar-refractivity contribution is -0.136. The van der Waals surface area contributed by atoms with Crippen LogP contribution in [-0.2, 0) is 19.4 Å². The zero-order chi connectivity index (χ0) is 18.7. The standard InChI is InChI=1S/C19H34N2O4S/c1-15-5-7-16(8-6-15)20(2)13-19(22)21(12-18-4-3-10-25-18)17-9-11-26(23,24)14-17/h15-18H,3-14H2,1-2H3. The van der Waals surface area contributed by atoms with E-state index in [-0.39, 0.29) is 29.6 Å². The molecule has 150 valence electrons. The maximum Gasteiger partial charge on any atom is 0.237 e. The maximum atomic E-state index is 13.1. The highest BCUT2D eigenvalue weighted by molar-refractivity contribution is 7.91. The average Bonchev–Trinajstić information content (AvgIpc) is 3.22. The number of amides is 1. The Hall–Kier alpha value is -0.660. The smallest absolute Gasteiger partial charge is 0.237 e. The normalized spacial score (nSPS) is 34.3. The molecule has 3 rings (SSSR count). The van der Waals surface area contributed by atoms with Gasteiger partial charge in [0.25, 0.3) is 0 Å². The van der Waals surface area contributed by atoms with Crippen LogP contribution in [0.15, 0.2) is 0 Å². The van der Waals surface area contributed by atoms with Crippen LogP contribution >= 0.6 is 0 Å². The van der Waals surface area contributed by atoms with Gasteiger partial charge in [0.2, 0.25) is 5.91 Å². The first kappa shape index (κ1) is 20.1. The summed E-state index contributed by atoms with van der Waals surface area (Å²) in [5, 5.41) is 0. The van der Waals surface area contributed by atoms with Crippen molar-refractivity contribution < 1.29 is 17.9 Å². The molecule has 1 saturated carbocycles. The van der Waals surface area contributed by atoms with Gasteiger partial charge in [0.1, 0.15) is 0 Å². The first-order valence-corrected chi connectivity index (χ1v) is 12.0. The molecule has 6 nitrogen and oxygen atoms in total. The average molecular weight is 387 g/mol. The lowest BCUT2D eigenvalue weighted by atomic mass is 9.87. The minimum Gasteiger partial charge on any atom is -0.376 e. The molecule has 0 spiro atoms. The van der Waals surface area contributed by atoms with Crippen molar-refractivity contribution in [1.29, 1.82) is 0 Å². The van der Waals surface area contributed by atoms with E-state index in [1.807, 2.05) is 11.9 Å². The second kappa shape index (κ2) is 8.57. The van der Waals surface area contributed by atoms with Crippen molar-refractivity contribution in [2.24, 2.45) is 5.92 Å². The van der Waals surface area contributed by atoms with E-state index < -0.39 is 9.84 Å². The number of carbonyl (C=O) groups is 1. The molecule has 2 unspecified atom stereocenters. The van der Waals surface area contributed by atoms with E-state index in [1.165, 1.54) is 12.8 Å². The molecule has 0 aromatic heterocycles. The molecular weight excluding hydrogens is 352 g/mol. The molecule has 2 aliphatic heterocycles.